The van der Waals surface area contributed by atoms with Crippen LogP contribution >= 0.6 is 0 Å². The molecule has 1 aliphatic rings. The van der Waals surface area contributed by atoms with Crippen molar-refractivity contribution >= 4 is 24.1 Å². The van der Waals surface area contributed by atoms with Gasteiger partial charge in [-0.2, -0.15) is 0 Å². The van der Waals surface area contributed by atoms with Crippen molar-refractivity contribution < 1.29 is 19.2 Å². The molecule has 0 fully saturated rings. The Balaban J connectivity index is 1.95. The van der Waals surface area contributed by atoms with Gasteiger partial charge in [0, 0.05) is 38.9 Å². The lowest BCUT2D eigenvalue weighted by Crippen LogP contribution is -2.20. The molecule has 0 bridgehead atoms. The highest BCUT2D eigenvalue weighted by molar-refractivity contribution is 6.28. The normalized spacial score (nSPS) is 12.3. The van der Waals surface area contributed by atoms with Crippen LogP contribution in [0.4, 0.5) is 0 Å². The van der Waals surface area contributed by atoms with E-state index in [4.69, 9.17) is 0 Å². The van der Waals surface area contributed by atoms with E-state index in [1.807, 2.05) is 0 Å². The topological polar surface area (TPSA) is 68.3 Å². The van der Waals surface area contributed by atoms with Crippen LogP contribution in [0.1, 0.15) is 52.6 Å². The number of ketones is 2. The number of hydrogen-bond donors (Lipinski definition) is 0. The first-order chi connectivity index (χ1) is 12.7. The van der Waals surface area contributed by atoms with Gasteiger partial charge in [0.25, 0.3) is 0 Å². The van der Waals surface area contributed by atoms with Crippen LogP contribution in [0.3, 0.4) is 0 Å². The van der Waals surface area contributed by atoms with Crippen molar-refractivity contribution in [2.24, 2.45) is 0 Å². The first-order valence-electron chi connectivity index (χ1n) is 8.02. The molecule has 0 N–H and O–H groups in total. The van der Waals surface area contributed by atoms with Gasteiger partial charge in [0.05, 0.1) is 0 Å². The van der Waals surface area contributed by atoms with Crippen LogP contribution in [0.5, 0.6) is 0 Å². The van der Waals surface area contributed by atoms with E-state index in [1.165, 1.54) is 0 Å². The molecular weight excluding hydrogens is 328 g/mol. The Morgan fingerprint density at radius 1 is 0.577 bits per heavy atom. The number of benzene rings is 3. The number of carbonyl (C=O) groups is 4. The highest BCUT2D eigenvalue weighted by Gasteiger charge is 2.29. The lowest BCUT2D eigenvalue weighted by atomic mass is 9.82. The highest BCUT2D eigenvalue weighted by Crippen LogP contribution is 2.33. The van der Waals surface area contributed by atoms with Crippen LogP contribution in [0, 0.1) is 0 Å². The third-order valence-corrected chi connectivity index (χ3v) is 4.60. The Kier molecular flexibility index (Phi) is 3.66. The summed E-state index contributed by atoms with van der Waals surface area (Å²) in [6.45, 7) is 0. The molecule has 0 amide bonds. The second-order valence-electron chi connectivity index (χ2n) is 6.01. The minimum atomic E-state index is -0.242. The summed E-state index contributed by atoms with van der Waals surface area (Å²) in [6, 6.07) is 16.4. The molecule has 0 saturated carbocycles. The monoisotopic (exact) mass is 340 g/mol. The molecule has 0 aromatic heterocycles. The second-order valence-corrected chi connectivity index (χ2v) is 6.01. The van der Waals surface area contributed by atoms with E-state index >= 15 is 0 Å². The van der Waals surface area contributed by atoms with Gasteiger partial charge in [-0.05, 0) is 17.7 Å². The van der Waals surface area contributed by atoms with Gasteiger partial charge in [0.2, 0.25) is 0 Å². The third kappa shape index (κ3) is 2.24. The number of aldehydes is 2. The Morgan fingerprint density at radius 3 is 1.69 bits per heavy atom. The Bertz CT molecular complexity index is 1080. The van der Waals surface area contributed by atoms with Gasteiger partial charge < -0.3 is 0 Å². The van der Waals surface area contributed by atoms with Crippen LogP contribution in [0.15, 0.2) is 60.7 Å². The minimum absolute atomic E-state index is 0.207. The van der Waals surface area contributed by atoms with Crippen molar-refractivity contribution in [3.8, 4) is 11.1 Å². The summed E-state index contributed by atoms with van der Waals surface area (Å²) in [5, 5.41) is 0. The summed E-state index contributed by atoms with van der Waals surface area (Å²) in [7, 11) is 0. The van der Waals surface area contributed by atoms with Gasteiger partial charge in [0.15, 0.2) is 24.1 Å². The van der Waals surface area contributed by atoms with Crippen LogP contribution in [-0.2, 0) is 0 Å². The molecule has 124 valence electrons. The van der Waals surface area contributed by atoms with Gasteiger partial charge in [-0.1, -0.05) is 48.5 Å². The first kappa shape index (κ1) is 15.8. The molecule has 4 heteroatoms. The number of fused-ring (bicyclic) bond motifs is 2. The first-order valence-corrected chi connectivity index (χ1v) is 8.02. The molecule has 1 aliphatic carbocycles. The predicted octanol–water partition coefficient (Wildman–Crippen LogP) is 3.75. The van der Waals surface area contributed by atoms with Crippen molar-refractivity contribution in [3.63, 3.8) is 0 Å². The molecule has 3 aromatic rings. The van der Waals surface area contributed by atoms with Crippen LogP contribution in [-0.4, -0.2) is 24.1 Å². The van der Waals surface area contributed by atoms with Crippen molar-refractivity contribution in [2.45, 2.75) is 0 Å². The molecule has 3 aromatic carbocycles. The second kappa shape index (κ2) is 6.01. The standard InChI is InChI=1S/C22H12O4/c23-11-14-4-3-5-15(12-24)20(14)13-8-9-18-19(10-13)22(26)17-7-2-1-6-16(17)21(18)25/h1-12H. The SMILES string of the molecule is O=Cc1cccc(C=O)c1-c1ccc2c(c1)C(=O)c1ccccc1C2=O. The number of rotatable bonds is 3. The number of carbonyl (C=O) groups excluding carboxylic acids is 4. The van der Waals surface area contributed by atoms with Crippen LogP contribution < -0.4 is 0 Å². The van der Waals surface area contributed by atoms with E-state index in [9.17, 15) is 19.2 Å². The number of hydrogen-bond acceptors (Lipinski definition) is 4. The molecule has 0 atom stereocenters. The minimum Gasteiger partial charge on any atom is -0.298 e. The molecule has 4 nitrogen and oxygen atoms in total. The van der Waals surface area contributed by atoms with Crippen molar-refractivity contribution in [2.75, 3.05) is 0 Å². The van der Waals surface area contributed by atoms with E-state index in [-0.39, 0.29) is 17.1 Å². The van der Waals surface area contributed by atoms with E-state index in [1.54, 1.807) is 60.7 Å². The molecule has 0 spiro atoms. The van der Waals surface area contributed by atoms with Crippen molar-refractivity contribution in [1.29, 1.82) is 0 Å². The van der Waals surface area contributed by atoms with Gasteiger partial charge in [-0.15, -0.1) is 0 Å². The smallest absolute Gasteiger partial charge is 0.194 e. The summed E-state index contributed by atoms with van der Waals surface area (Å²) in [6.07, 6.45) is 1.34. The maximum atomic E-state index is 12.9. The van der Waals surface area contributed by atoms with E-state index in [0.29, 0.717) is 51.5 Å². The molecule has 0 aliphatic heterocycles. The highest BCUT2D eigenvalue weighted by atomic mass is 16.1. The molecule has 26 heavy (non-hydrogen) atoms. The molecule has 4 rings (SSSR count). The van der Waals surface area contributed by atoms with Gasteiger partial charge in [-0.3, -0.25) is 19.2 Å². The van der Waals surface area contributed by atoms with E-state index < -0.39 is 0 Å². The average Bonchev–Trinajstić information content (AvgIpc) is 2.71. The average molecular weight is 340 g/mol. The quantitative estimate of drug-likeness (QED) is 0.533. The summed E-state index contributed by atoms with van der Waals surface area (Å²) in [5.74, 6) is -0.450. The fourth-order valence-corrected chi connectivity index (χ4v) is 3.37. The molecule has 0 saturated heterocycles. The zero-order chi connectivity index (χ0) is 18.3. The molecular formula is C22H12O4. The summed E-state index contributed by atoms with van der Waals surface area (Å²) in [5.41, 5.74) is 3.07. The summed E-state index contributed by atoms with van der Waals surface area (Å²) in [4.78, 5) is 48.3. The van der Waals surface area contributed by atoms with E-state index in [0.717, 1.165) is 0 Å². The lowest BCUT2D eigenvalue weighted by Gasteiger charge is -2.18. The third-order valence-electron chi connectivity index (χ3n) is 4.60. The zero-order valence-corrected chi connectivity index (χ0v) is 13.6. The maximum Gasteiger partial charge on any atom is 0.194 e. The Hall–Kier alpha value is -3.66. The van der Waals surface area contributed by atoms with Gasteiger partial charge in [-0.25, -0.2) is 0 Å². The largest absolute Gasteiger partial charge is 0.298 e. The Labute approximate surface area is 149 Å². The Morgan fingerprint density at radius 2 is 1.12 bits per heavy atom. The van der Waals surface area contributed by atoms with Gasteiger partial charge in [0.1, 0.15) is 0 Å². The lowest BCUT2D eigenvalue weighted by molar-refractivity contribution is 0.0979. The van der Waals surface area contributed by atoms with E-state index in [2.05, 4.69) is 0 Å². The fourth-order valence-electron chi connectivity index (χ4n) is 3.37. The zero-order valence-electron chi connectivity index (χ0n) is 13.6. The molecule has 0 radical (unpaired) electrons. The molecule has 0 heterocycles. The molecule has 0 unspecified atom stereocenters. The predicted molar refractivity (Wildman–Crippen MR) is 96.0 cm³/mol. The maximum absolute atomic E-state index is 12.9. The summed E-state index contributed by atoms with van der Waals surface area (Å²) >= 11 is 0. The van der Waals surface area contributed by atoms with Gasteiger partial charge >= 0.3 is 0 Å². The van der Waals surface area contributed by atoms with Crippen molar-refractivity contribution in [1.82, 2.24) is 0 Å². The van der Waals surface area contributed by atoms with Crippen molar-refractivity contribution in [3.05, 3.63) is 94.0 Å². The summed E-state index contributed by atoms with van der Waals surface area (Å²) < 4.78 is 0. The van der Waals surface area contributed by atoms with Crippen LogP contribution in [0.25, 0.3) is 11.1 Å². The van der Waals surface area contributed by atoms with Crippen LogP contribution in [0.2, 0.25) is 0 Å². The fraction of sp³-hybridized carbons (Fsp3) is 0.